The van der Waals surface area contributed by atoms with E-state index in [0.717, 1.165) is 0 Å². The van der Waals surface area contributed by atoms with Crippen molar-refractivity contribution in [2.45, 2.75) is 72.5 Å². The first-order valence-electron chi connectivity index (χ1n) is 10.5. The molecule has 0 spiro atoms. The van der Waals surface area contributed by atoms with Crippen LogP contribution in [-0.2, 0) is 28.6 Å². The minimum Gasteiger partial charge on any atom is -0.424 e. The average Bonchev–Trinajstić information content (AvgIpc) is 2.94. The summed E-state index contributed by atoms with van der Waals surface area (Å²) in [7, 11) is 3.03. The fraction of sp³-hybridized carbons (Fsp3) is 0.857. The highest BCUT2D eigenvalue weighted by Gasteiger charge is 2.35. The first kappa shape index (κ1) is 31.4. The zero-order chi connectivity index (χ0) is 24.7. The van der Waals surface area contributed by atoms with Crippen LogP contribution in [0.25, 0.3) is 0 Å². The third-order valence-corrected chi connectivity index (χ3v) is 3.86. The number of aliphatic hydroxyl groups is 1. The van der Waals surface area contributed by atoms with Crippen molar-refractivity contribution in [2.75, 3.05) is 47.1 Å². The SMILES string of the molecule is CCN(CC)CC.COCC(C)(C)O.COCC(C)(C)OC(=O)ON1C(=O)CCC1=O. The van der Waals surface area contributed by atoms with Crippen molar-refractivity contribution in [3.63, 3.8) is 0 Å². The number of ether oxygens (including phenoxy) is 3. The lowest BCUT2D eigenvalue weighted by molar-refractivity contribution is -0.182. The van der Waals surface area contributed by atoms with Crippen molar-refractivity contribution >= 4 is 18.0 Å². The molecule has 0 aromatic rings. The number of rotatable bonds is 9. The van der Waals surface area contributed by atoms with Gasteiger partial charge in [0.2, 0.25) is 0 Å². The standard InChI is InChI=1S/C10H15NO6.C6H15N.C5H12O2/c1-10(2,6-15-3)16-9(14)17-11-7(12)4-5-8(11)13;1-4-7(5-2)6-3;1-5(2,6)4-7-3/h4-6H2,1-3H3;4-6H2,1-3H3;6H,4H2,1-3H3. The Balaban J connectivity index is 0. The Labute approximate surface area is 186 Å². The van der Waals surface area contributed by atoms with Crippen LogP contribution in [0.1, 0.15) is 61.3 Å². The molecule has 1 rings (SSSR count). The molecule has 0 bridgehead atoms. The van der Waals surface area contributed by atoms with Gasteiger partial charge in [-0.05, 0) is 47.3 Å². The van der Waals surface area contributed by atoms with Crippen molar-refractivity contribution in [2.24, 2.45) is 0 Å². The highest BCUT2D eigenvalue weighted by Crippen LogP contribution is 2.15. The summed E-state index contributed by atoms with van der Waals surface area (Å²) in [5.41, 5.74) is -1.56. The summed E-state index contributed by atoms with van der Waals surface area (Å²) in [4.78, 5) is 40.6. The number of amides is 2. The molecule has 31 heavy (non-hydrogen) atoms. The van der Waals surface area contributed by atoms with E-state index in [1.54, 1.807) is 34.8 Å². The Morgan fingerprint density at radius 2 is 1.35 bits per heavy atom. The largest absolute Gasteiger partial charge is 0.534 e. The van der Waals surface area contributed by atoms with Gasteiger partial charge in [-0.1, -0.05) is 25.8 Å². The van der Waals surface area contributed by atoms with Gasteiger partial charge < -0.3 is 24.2 Å². The van der Waals surface area contributed by atoms with Crippen LogP contribution >= 0.6 is 0 Å². The summed E-state index contributed by atoms with van der Waals surface area (Å²) in [6.07, 6.45) is -1.00. The molecule has 0 saturated carbocycles. The Kier molecular flexibility index (Phi) is 16.2. The summed E-state index contributed by atoms with van der Waals surface area (Å²) >= 11 is 0. The van der Waals surface area contributed by atoms with Crippen molar-refractivity contribution in [3.05, 3.63) is 0 Å². The van der Waals surface area contributed by atoms with E-state index < -0.39 is 29.2 Å². The molecule has 1 aliphatic heterocycles. The van der Waals surface area contributed by atoms with Gasteiger partial charge in [0.25, 0.3) is 11.8 Å². The van der Waals surface area contributed by atoms with Crippen molar-refractivity contribution < 1.29 is 38.5 Å². The predicted molar refractivity (Wildman–Crippen MR) is 116 cm³/mol. The third-order valence-electron chi connectivity index (χ3n) is 3.86. The smallest absolute Gasteiger partial charge is 0.424 e. The highest BCUT2D eigenvalue weighted by atomic mass is 16.8. The minimum atomic E-state index is -1.10. The number of carbonyl (C=O) groups is 3. The first-order chi connectivity index (χ1) is 14.3. The summed E-state index contributed by atoms with van der Waals surface area (Å²) in [5, 5.41) is 9.33. The number of hydroxylamine groups is 2. The number of imide groups is 1. The van der Waals surface area contributed by atoms with Crippen molar-refractivity contribution in [1.29, 1.82) is 0 Å². The molecule has 0 aromatic carbocycles. The molecule has 10 heteroatoms. The highest BCUT2D eigenvalue weighted by molar-refractivity contribution is 6.01. The normalized spacial score (nSPS) is 14.0. The second kappa shape index (κ2) is 16.0. The molecule has 0 aliphatic carbocycles. The van der Waals surface area contributed by atoms with Gasteiger partial charge in [-0.2, -0.15) is 0 Å². The van der Waals surface area contributed by atoms with Crippen molar-refractivity contribution in [1.82, 2.24) is 9.96 Å². The van der Waals surface area contributed by atoms with Gasteiger partial charge in [-0.3, -0.25) is 14.4 Å². The van der Waals surface area contributed by atoms with E-state index in [4.69, 9.17) is 14.6 Å². The van der Waals surface area contributed by atoms with Gasteiger partial charge in [0, 0.05) is 27.1 Å². The second-order valence-electron chi connectivity index (χ2n) is 8.08. The number of nitrogens with zero attached hydrogens (tertiary/aromatic N) is 2. The monoisotopic (exact) mass is 450 g/mol. The van der Waals surface area contributed by atoms with Crippen LogP contribution in [0.3, 0.4) is 0 Å². The topological polar surface area (TPSA) is 115 Å². The molecule has 1 saturated heterocycles. The van der Waals surface area contributed by atoms with E-state index >= 15 is 0 Å². The lowest BCUT2D eigenvalue weighted by Crippen LogP contribution is -2.38. The van der Waals surface area contributed by atoms with Gasteiger partial charge in [0.05, 0.1) is 18.8 Å². The molecule has 2 amide bonds. The number of carbonyl (C=O) groups excluding carboxylic acids is 3. The van der Waals surface area contributed by atoms with Crippen LogP contribution in [0.15, 0.2) is 0 Å². The number of hydrogen-bond acceptors (Lipinski definition) is 9. The molecule has 0 atom stereocenters. The molecule has 0 radical (unpaired) electrons. The predicted octanol–water partition coefficient (Wildman–Crippen LogP) is 2.38. The van der Waals surface area contributed by atoms with Crippen LogP contribution in [-0.4, -0.2) is 91.3 Å². The molecule has 1 N–H and O–H groups in total. The van der Waals surface area contributed by atoms with E-state index in [9.17, 15) is 14.4 Å². The summed E-state index contributed by atoms with van der Waals surface area (Å²) in [6, 6.07) is 0. The fourth-order valence-electron chi connectivity index (χ4n) is 2.38. The molecule has 184 valence electrons. The maximum atomic E-state index is 11.3. The molecule has 0 unspecified atom stereocenters. The van der Waals surface area contributed by atoms with Gasteiger partial charge in [-0.15, -0.1) is 0 Å². The Bertz CT molecular complexity index is 506. The molecule has 1 fully saturated rings. The zero-order valence-corrected chi connectivity index (χ0v) is 20.6. The average molecular weight is 451 g/mol. The van der Waals surface area contributed by atoms with Gasteiger partial charge in [-0.25, -0.2) is 4.79 Å². The van der Waals surface area contributed by atoms with E-state index in [2.05, 4.69) is 35.2 Å². The zero-order valence-electron chi connectivity index (χ0n) is 20.6. The number of hydrogen-bond donors (Lipinski definition) is 1. The van der Waals surface area contributed by atoms with Crippen LogP contribution in [0.2, 0.25) is 0 Å². The van der Waals surface area contributed by atoms with Crippen molar-refractivity contribution in [3.8, 4) is 0 Å². The Hall–Kier alpha value is -1.75. The van der Waals surface area contributed by atoms with E-state index in [1.807, 2.05) is 0 Å². The van der Waals surface area contributed by atoms with Crippen LogP contribution < -0.4 is 0 Å². The Morgan fingerprint density at radius 1 is 0.935 bits per heavy atom. The van der Waals surface area contributed by atoms with E-state index in [1.165, 1.54) is 26.7 Å². The summed E-state index contributed by atoms with van der Waals surface area (Å²) < 4.78 is 14.4. The van der Waals surface area contributed by atoms with E-state index in [0.29, 0.717) is 11.7 Å². The fourth-order valence-corrected chi connectivity index (χ4v) is 2.38. The molecular formula is C21H42N2O8. The van der Waals surface area contributed by atoms with Gasteiger partial charge >= 0.3 is 6.16 Å². The molecule has 10 nitrogen and oxygen atoms in total. The quantitative estimate of drug-likeness (QED) is 0.417. The lowest BCUT2D eigenvalue weighted by Gasteiger charge is -2.24. The van der Waals surface area contributed by atoms with Gasteiger partial charge in [0.15, 0.2) is 0 Å². The number of methoxy groups -OCH3 is 2. The maximum absolute atomic E-state index is 11.3. The maximum Gasteiger partial charge on any atom is 0.534 e. The first-order valence-corrected chi connectivity index (χ1v) is 10.5. The second-order valence-corrected chi connectivity index (χ2v) is 8.08. The van der Waals surface area contributed by atoms with Crippen LogP contribution in [0.5, 0.6) is 0 Å². The Morgan fingerprint density at radius 3 is 1.61 bits per heavy atom. The van der Waals surface area contributed by atoms with E-state index in [-0.39, 0.29) is 19.4 Å². The molecule has 1 heterocycles. The minimum absolute atomic E-state index is 0.0492. The molecular weight excluding hydrogens is 408 g/mol. The van der Waals surface area contributed by atoms with Crippen LogP contribution in [0.4, 0.5) is 4.79 Å². The lowest BCUT2D eigenvalue weighted by atomic mass is 10.1. The summed E-state index contributed by atoms with van der Waals surface area (Å²) in [6.45, 7) is 17.3. The third kappa shape index (κ3) is 16.6. The molecule has 1 aliphatic rings. The molecule has 0 aromatic heterocycles. The van der Waals surface area contributed by atoms with Gasteiger partial charge in [0.1, 0.15) is 5.60 Å². The van der Waals surface area contributed by atoms with Crippen LogP contribution in [0, 0.1) is 0 Å². The summed E-state index contributed by atoms with van der Waals surface area (Å²) in [5.74, 6) is -1.09.